The van der Waals surface area contributed by atoms with Crippen LogP contribution in [0, 0.1) is 5.92 Å². The number of likely N-dealkylation sites (tertiary alicyclic amines) is 1. The molecule has 0 radical (unpaired) electrons. The zero-order valence-electron chi connectivity index (χ0n) is 24.6. The number of ether oxygens (including phenoxy) is 1. The van der Waals surface area contributed by atoms with E-state index in [1.807, 2.05) is 34.1 Å². The first-order valence-electron chi connectivity index (χ1n) is 15.1. The summed E-state index contributed by atoms with van der Waals surface area (Å²) >= 11 is 16.1. The van der Waals surface area contributed by atoms with Gasteiger partial charge in [0.05, 0.1) is 18.8 Å². The number of hydrogen-bond acceptors (Lipinski definition) is 5. The fourth-order valence-electron chi connectivity index (χ4n) is 6.38. The molecule has 2 unspecified atom stereocenters. The molecule has 236 valence electrons. The van der Waals surface area contributed by atoms with Gasteiger partial charge < -0.3 is 30.5 Å². The van der Waals surface area contributed by atoms with Gasteiger partial charge in [0.1, 0.15) is 5.54 Å². The minimum absolute atomic E-state index is 0.0372. The number of nitrogens with one attached hydrogen (secondary N) is 3. The van der Waals surface area contributed by atoms with Crippen LogP contribution in [-0.2, 0) is 21.5 Å². The van der Waals surface area contributed by atoms with Gasteiger partial charge in [-0.15, -0.1) is 0 Å². The smallest absolute Gasteiger partial charge is 0.320 e. The van der Waals surface area contributed by atoms with E-state index in [1.54, 1.807) is 36.4 Å². The van der Waals surface area contributed by atoms with E-state index in [0.29, 0.717) is 72.9 Å². The zero-order valence-corrected chi connectivity index (χ0v) is 27.7. The van der Waals surface area contributed by atoms with Gasteiger partial charge in [-0.2, -0.15) is 0 Å². The molecular weight excluding hydrogens is 681 g/mol. The average Bonchev–Trinajstić information content (AvgIpc) is 3.29. The summed E-state index contributed by atoms with van der Waals surface area (Å²) in [5, 5.41) is 10.6. The first-order chi connectivity index (χ1) is 21.7. The van der Waals surface area contributed by atoms with E-state index in [9.17, 15) is 14.4 Å². The number of carbonyl (C=O) groups excluding carboxylic acids is 3. The molecule has 6 rings (SSSR count). The van der Waals surface area contributed by atoms with Crippen molar-refractivity contribution in [2.45, 2.75) is 24.8 Å². The molecule has 2 saturated heterocycles. The van der Waals surface area contributed by atoms with Crippen molar-refractivity contribution in [3.8, 4) is 0 Å². The molecule has 0 saturated carbocycles. The van der Waals surface area contributed by atoms with Crippen LogP contribution in [0.4, 0.5) is 16.2 Å². The van der Waals surface area contributed by atoms with Crippen molar-refractivity contribution < 1.29 is 19.1 Å². The average molecular weight is 715 g/mol. The summed E-state index contributed by atoms with van der Waals surface area (Å²) < 4.78 is 6.14. The van der Waals surface area contributed by atoms with Crippen LogP contribution in [-0.4, -0.2) is 73.6 Å². The molecule has 45 heavy (non-hydrogen) atoms. The van der Waals surface area contributed by atoms with Crippen LogP contribution in [0.1, 0.15) is 34.3 Å². The van der Waals surface area contributed by atoms with Gasteiger partial charge >= 0.3 is 6.03 Å². The van der Waals surface area contributed by atoms with Crippen LogP contribution in [0.2, 0.25) is 10.0 Å². The Hall–Kier alpha value is -3.31. The molecule has 3 N–H and O–H groups in total. The van der Waals surface area contributed by atoms with Gasteiger partial charge in [0, 0.05) is 70.6 Å². The number of urea groups is 1. The van der Waals surface area contributed by atoms with E-state index in [4.69, 9.17) is 27.9 Å². The van der Waals surface area contributed by atoms with Crippen molar-refractivity contribution in [3.05, 3.63) is 91.9 Å². The van der Waals surface area contributed by atoms with Crippen LogP contribution in [0.15, 0.2) is 65.1 Å². The lowest BCUT2D eigenvalue weighted by molar-refractivity contribution is -0.119. The molecule has 0 bridgehead atoms. The molecule has 9 nitrogen and oxygen atoms in total. The third kappa shape index (κ3) is 6.94. The second kappa shape index (κ2) is 13.6. The molecule has 0 aliphatic carbocycles. The van der Waals surface area contributed by atoms with Gasteiger partial charge in [-0.3, -0.25) is 9.59 Å². The fourth-order valence-corrected chi connectivity index (χ4v) is 7.13. The van der Waals surface area contributed by atoms with Gasteiger partial charge in [-0.05, 0) is 66.8 Å². The lowest BCUT2D eigenvalue weighted by atomic mass is 9.84. The second-order valence-electron chi connectivity index (χ2n) is 11.7. The van der Waals surface area contributed by atoms with E-state index in [-0.39, 0.29) is 30.2 Å². The van der Waals surface area contributed by atoms with Crippen LogP contribution >= 0.6 is 39.1 Å². The Balaban J connectivity index is 1.23. The number of nitrogens with zero attached hydrogens (tertiary/aromatic N) is 2. The number of fused-ring (bicyclic) bond motifs is 1. The van der Waals surface area contributed by atoms with Crippen molar-refractivity contribution in [2.24, 2.45) is 5.92 Å². The topological polar surface area (TPSA) is 103 Å². The SMILES string of the molecule is O=C(NCC1CCCN(C(=O)N2CCOCC2)C1)c1ccc(Br)cc1NC1(Cc2cccc(Cl)c2)C(=O)Nc2cc(Cl)ccc21. The van der Waals surface area contributed by atoms with Crippen molar-refractivity contribution in [1.29, 1.82) is 0 Å². The van der Waals surface area contributed by atoms with Crippen LogP contribution in [0.25, 0.3) is 0 Å². The minimum Gasteiger partial charge on any atom is -0.378 e. The van der Waals surface area contributed by atoms with Gasteiger partial charge in [0.25, 0.3) is 11.8 Å². The predicted molar refractivity (Wildman–Crippen MR) is 179 cm³/mol. The molecule has 3 aromatic carbocycles. The first kappa shape index (κ1) is 31.7. The Morgan fingerprint density at radius 2 is 1.80 bits per heavy atom. The summed E-state index contributed by atoms with van der Waals surface area (Å²) in [4.78, 5) is 44.4. The lowest BCUT2D eigenvalue weighted by Crippen LogP contribution is -2.52. The number of benzene rings is 3. The van der Waals surface area contributed by atoms with E-state index in [0.717, 1.165) is 28.4 Å². The quantitative estimate of drug-likeness (QED) is 0.273. The Morgan fingerprint density at radius 3 is 2.60 bits per heavy atom. The zero-order chi connectivity index (χ0) is 31.6. The molecule has 3 aliphatic rings. The van der Waals surface area contributed by atoms with E-state index in [1.165, 1.54) is 0 Å². The maximum absolute atomic E-state index is 13.9. The number of carbonyl (C=O) groups is 3. The molecule has 0 spiro atoms. The number of anilines is 2. The summed E-state index contributed by atoms with van der Waals surface area (Å²) in [7, 11) is 0. The van der Waals surface area contributed by atoms with Gasteiger partial charge in [-0.1, -0.05) is 57.3 Å². The van der Waals surface area contributed by atoms with Crippen molar-refractivity contribution in [1.82, 2.24) is 15.1 Å². The molecule has 2 atom stereocenters. The fraction of sp³-hybridized carbons (Fsp3) is 0.364. The summed E-state index contributed by atoms with van der Waals surface area (Å²) in [6, 6.07) is 18.1. The highest BCUT2D eigenvalue weighted by atomic mass is 79.9. The Labute approximate surface area is 280 Å². The third-order valence-corrected chi connectivity index (χ3v) is 9.60. The maximum atomic E-state index is 13.9. The summed E-state index contributed by atoms with van der Waals surface area (Å²) in [5.74, 6) is -0.404. The minimum atomic E-state index is -1.25. The highest BCUT2D eigenvalue weighted by molar-refractivity contribution is 9.10. The molecule has 3 heterocycles. The van der Waals surface area contributed by atoms with Crippen molar-refractivity contribution in [2.75, 3.05) is 56.6 Å². The summed E-state index contributed by atoms with van der Waals surface area (Å²) in [5.41, 5.74) is 1.82. The Bertz CT molecular complexity index is 1620. The third-order valence-electron chi connectivity index (χ3n) is 8.63. The van der Waals surface area contributed by atoms with E-state index in [2.05, 4.69) is 31.9 Å². The Morgan fingerprint density at radius 1 is 1.00 bits per heavy atom. The Kier molecular flexibility index (Phi) is 9.56. The second-order valence-corrected chi connectivity index (χ2v) is 13.5. The molecule has 3 aliphatic heterocycles. The number of halogens is 3. The van der Waals surface area contributed by atoms with E-state index < -0.39 is 5.54 Å². The van der Waals surface area contributed by atoms with Crippen LogP contribution in [0.3, 0.4) is 0 Å². The molecule has 12 heteroatoms. The van der Waals surface area contributed by atoms with Gasteiger partial charge in [0.2, 0.25) is 0 Å². The molecular formula is C33H34BrCl2N5O4. The van der Waals surface area contributed by atoms with Gasteiger partial charge in [-0.25, -0.2) is 4.79 Å². The standard InChI is InChI=1S/C33H34BrCl2N5O4/c34-23-6-8-26(30(42)37-19-22-4-2-10-41(20-22)32(44)40-11-13-45-14-12-40)28(16-23)39-33(18-21-3-1-5-24(35)15-21)27-9-7-25(36)17-29(27)38-31(33)43/h1,3,5-9,15-17,22,39H,2,4,10-14,18-20H2,(H,37,42)(H,38,43). The number of hydrogen-bond donors (Lipinski definition) is 3. The summed E-state index contributed by atoms with van der Waals surface area (Å²) in [6.07, 6.45) is 2.07. The van der Waals surface area contributed by atoms with Crippen molar-refractivity contribution >= 4 is 68.4 Å². The normalized spacial score (nSPS) is 21.2. The number of morpholine rings is 1. The molecule has 2 fully saturated rings. The molecule has 4 amide bonds. The van der Waals surface area contributed by atoms with Gasteiger partial charge in [0.15, 0.2) is 0 Å². The molecule has 0 aromatic heterocycles. The number of piperidine rings is 1. The largest absolute Gasteiger partial charge is 0.378 e. The van der Waals surface area contributed by atoms with E-state index >= 15 is 0 Å². The maximum Gasteiger partial charge on any atom is 0.320 e. The predicted octanol–water partition coefficient (Wildman–Crippen LogP) is 6.15. The summed E-state index contributed by atoms with van der Waals surface area (Å²) in [6.45, 7) is 4.05. The van der Waals surface area contributed by atoms with Crippen molar-refractivity contribution in [3.63, 3.8) is 0 Å². The molecule has 3 aromatic rings. The highest BCUT2D eigenvalue weighted by Gasteiger charge is 2.47. The van der Waals surface area contributed by atoms with Crippen LogP contribution in [0.5, 0.6) is 0 Å². The number of amides is 4. The number of rotatable bonds is 7. The highest BCUT2D eigenvalue weighted by Crippen LogP contribution is 2.43. The monoisotopic (exact) mass is 713 g/mol. The van der Waals surface area contributed by atoms with Crippen LogP contribution < -0.4 is 16.0 Å². The first-order valence-corrected chi connectivity index (χ1v) is 16.6. The lowest BCUT2D eigenvalue weighted by Gasteiger charge is -2.37.